The lowest BCUT2D eigenvalue weighted by Crippen LogP contribution is -2.14. The monoisotopic (exact) mass is 327 g/mol. The van der Waals surface area contributed by atoms with Crippen LogP contribution in [-0.2, 0) is 0 Å². The van der Waals surface area contributed by atoms with E-state index >= 15 is 0 Å². The van der Waals surface area contributed by atoms with E-state index in [1.165, 1.54) is 14.0 Å². The molecular weight excluding hydrogens is 306 g/mol. The average molecular weight is 327 g/mol. The van der Waals surface area contributed by atoms with E-state index < -0.39 is 0 Å². The summed E-state index contributed by atoms with van der Waals surface area (Å²) >= 11 is 0. The predicted molar refractivity (Wildman–Crippen MR) is 93.2 cm³/mol. The highest BCUT2D eigenvalue weighted by Gasteiger charge is 2.15. The number of methoxy groups -OCH3 is 1. The van der Waals surface area contributed by atoms with Crippen LogP contribution >= 0.6 is 0 Å². The summed E-state index contributed by atoms with van der Waals surface area (Å²) in [6.45, 7) is 4.00. The number of carbonyl (C=O) groups excluding carboxylic acids is 2. The molecule has 0 unspecified atom stereocenters. The van der Waals surface area contributed by atoms with E-state index in [0.717, 1.165) is 6.42 Å². The summed E-state index contributed by atoms with van der Waals surface area (Å²) in [6, 6.07) is 12.0. The fourth-order valence-corrected chi connectivity index (χ4v) is 2.21. The zero-order valence-corrected chi connectivity index (χ0v) is 14.1. The number of ether oxygens (including phenoxy) is 2. The van der Waals surface area contributed by atoms with E-state index in [2.05, 4.69) is 5.32 Å². The van der Waals surface area contributed by atoms with Crippen LogP contribution in [0.5, 0.6) is 11.5 Å². The molecule has 5 heteroatoms. The van der Waals surface area contributed by atoms with Crippen LogP contribution in [0.3, 0.4) is 0 Å². The average Bonchev–Trinajstić information content (AvgIpc) is 2.60. The molecule has 1 amide bonds. The molecule has 2 aromatic rings. The number of hydrogen-bond acceptors (Lipinski definition) is 4. The van der Waals surface area contributed by atoms with Gasteiger partial charge in [-0.05, 0) is 43.7 Å². The molecule has 0 radical (unpaired) electrons. The van der Waals surface area contributed by atoms with E-state index in [1.807, 2.05) is 6.92 Å². The quantitative estimate of drug-likeness (QED) is 0.782. The number of para-hydroxylation sites is 1. The predicted octanol–water partition coefficient (Wildman–Crippen LogP) is 3.94. The molecule has 0 spiro atoms. The Balaban J connectivity index is 2.33. The number of anilines is 1. The van der Waals surface area contributed by atoms with E-state index in [1.54, 1.807) is 42.5 Å². The van der Waals surface area contributed by atoms with Gasteiger partial charge in [-0.2, -0.15) is 0 Å². The molecule has 0 aliphatic rings. The third kappa shape index (κ3) is 4.13. The maximum Gasteiger partial charge on any atom is 0.259 e. The topological polar surface area (TPSA) is 64.6 Å². The number of amides is 1. The number of rotatable bonds is 7. The van der Waals surface area contributed by atoms with Crippen LogP contribution in [0.15, 0.2) is 42.5 Å². The first-order valence-corrected chi connectivity index (χ1v) is 7.79. The minimum atomic E-state index is -0.325. The number of carbonyl (C=O) groups is 2. The first kappa shape index (κ1) is 17.5. The van der Waals surface area contributed by atoms with Crippen LogP contribution in [0.25, 0.3) is 0 Å². The van der Waals surface area contributed by atoms with Crippen molar-refractivity contribution in [1.29, 1.82) is 0 Å². The molecule has 126 valence electrons. The Morgan fingerprint density at radius 1 is 1.08 bits per heavy atom. The Kier molecular flexibility index (Phi) is 5.95. The molecule has 0 saturated carbocycles. The Bertz CT molecular complexity index is 740. The second-order valence-electron chi connectivity index (χ2n) is 5.27. The first-order valence-electron chi connectivity index (χ1n) is 7.79. The lowest BCUT2D eigenvalue weighted by Gasteiger charge is -2.14. The number of hydrogen-bond donors (Lipinski definition) is 1. The van der Waals surface area contributed by atoms with Crippen molar-refractivity contribution in [2.45, 2.75) is 20.3 Å². The fourth-order valence-electron chi connectivity index (χ4n) is 2.21. The Labute approximate surface area is 141 Å². The third-order valence-corrected chi connectivity index (χ3v) is 3.45. The largest absolute Gasteiger partial charge is 0.496 e. The van der Waals surface area contributed by atoms with Crippen molar-refractivity contribution in [3.63, 3.8) is 0 Å². The second kappa shape index (κ2) is 8.15. The van der Waals surface area contributed by atoms with Crippen LogP contribution in [0.1, 0.15) is 41.0 Å². The standard InChI is InChI=1S/C19H21NO4/c1-4-11-24-18-10-9-14(13(2)21)12-16(18)20-19(22)15-7-5-6-8-17(15)23-3/h5-10,12H,4,11H2,1-3H3,(H,20,22). The summed E-state index contributed by atoms with van der Waals surface area (Å²) in [6.07, 6.45) is 0.842. The van der Waals surface area contributed by atoms with Gasteiger partial charge >= 0.3 is 0 Å². The van der Waals surface area contributed by atoms with Gasteiger partial charge in [-0.3, -0.25) is 9.59 Å². The molecule has 2 aromatic carbocycles. The summed E-state index contributed by atoms with van der Waals surface area (Å²) in [4.78, 5) is 24.2. The zero-order valence-electron chi connectivity index (χ0n) is 14.1. The summed E-state index contributed by atoms with van der Waals surface area (Å²) in [5.41, 5.74) is 1.39. The van der Waals surface area contributed by atoms with Crippen molar-refractivity contribution in [1.82, 2.24) is 0 Å². The molecule has 2 rings (SSSR count). The Morgan fingerprint density at radius 3 is 2.50 bits per heavy atom. The van der Waals surface area contributed by atoms with Gasteiger partial charge in [0, 0.05) is 5.56 Å². The molecule has 0 saturated heterocycles. The van der Waals surface area contributed by atoms with Crippen molar-refractivity contribution in [3.8, 4) is 11.5 Å². The smallest absolute Gasteiger partial charge is 0.259 e. The summed E-state index contributed by atoms with van der Waals surface area (Å²) in [5, 5.41) is 2.81. The number of ketones is 1. The van der Waals surface area contributed by atoms with E-state index in [-0.39, 0.29) is 11.7 Å². The zero-order chi connectivity index (χ0) is 17.5. The minimum absolute atomic E-state index is 0.0789. The lowest BCUT2D eigenvalue weighted by molar-refractivity contribution is 0.100. The van der Waals surface area contributed by atoms with Crippen LogP contribution in [-0.4, -0.2) is 25.4 Å². The molecule has 0 heterocycles. The van der Waals surface area contributed by atoms with Gasteiger partial charge < -0.3 is 14.8 Å². The molecular formula is C19H21NO4. The van der Waals surface area contributed by atoms with Crippen molar-refractivity contribution in [2.75, 3.05) is 19.0 Å². The molecule has 24 heavy (non-hydrogen) atoms. The van der Waals surface area contributed by atoms with Gasteiger partial charge in [0.15, 0.2) is 5.78 Å². The summed E-state index contributed by atoms with van der Waals surface area (Å²) in [5.74, 6) is 0.609. The van der Waals surface area contributed by atoms with Crippen molar-refractivity contribution >= 4 is 17.4 Å². The van der Waals surface area contributed by atoms with E-state index in [0.29, 0.717) is 34.9 Å². The normalized spacial score (nSPS) is 10.1. The highest BCUT2D eigenvalue weighted by Crippen LogP contribution is 2.28. The number of benzene rings is 2. The fraction of sp³-hybridized carbons (Fsp3) is 0.263. The highest BCUT2D eigenvalue weighted by molar-refractivity contribution is 6.07. The van der Waals surface area contributed by atoms with Gasteiger partial charge in [0.2, 0.25) is 0 Å². The van der Waals surface area contributed by atoms with E-state index in [9.17, 15) is 9.59 Å². The first-order chi connectivity index (χ1) is 11.6. The Hall–Kier alpha value is -2.82. The molecule has 0 bridgehead atoms. The highest BCUT2D eigenvalue weighted by atomic mass is 16.5. The summed E-state index contributed by atoms with van der Waals surface area (Å²) in [7, 11) is 1.51. The van der Waals surface area contributed by atoms with E-state index in [4.69, 9.17) is 9.47 Å². The van der Waals surface area contributed by atoms with Crippen LogP contribution in [0, 0.1) is 0 Å². The maximum absolute atomic E-state index is 12.6. The van der Waals surface area contributed by atoms with Gasteiger partial charge in [0.25, 0.3) is 5.91 Å². The van der Waals surface area contributed by atoms with Crippen molar-refractivity contribution in [3.05, 3.63) is 53.6 Å². The summed E-state index contributed by atoms with van der Waals surface area (Å²) < 4.78 is 10.9. The molecule has 0 aliphatic carbocycles. The second-order valence-corrected chi connectivity index (χ2v) is 5.27. The molecule has 0 aromatic heterocycles. The lowest BCUT2D eigenvalue weighted by atomic mass is 10.1. The molecule has 5 nitrogen and oxygen atoms in total. The van der Waals surface area contributed by atoms with Crippen molar-refractivity contribution < 1.29 is 19.1 Å². The Morgan fingerprint density at radius 2 is 1.83 bits per heavy atom. The SMILES string of the molecule is CCCOc1ccc(C(C)=O)cc1NC(=O)c1ccccc1OC. The minimum Gasteiger partial charge on any atom is -0.496 e. The number of Topliss-reactive ketones (excluding diaryl/α,β-unsaturated/α-hetero) is 1. The van der Waals surface area contributed by atoms with Crippen LogP contribution in [0.4, 0.5) is 5.69 Å². The molecule has 1 N–H and O–H groups in total. The molecule has 0 fully saturated rings. The van der Waals surface area contributed by atoms with Crippen LogP contribution < -0.4 is 14.8 Å². The van der Waals surface area contributed by atoms with Crippen molar-refractivity contribution in [2.24, 2.45) is 0 Å². The maximum atomic E-state index is 12.6. The van der Waals surface area contributed by atoms with Gasteiger partial charge in [0.05, 0.1) is 25.0 Å². The van der Waals surface area contributed by atoms with Crippen LogP contribution in [0.2, 0.25) is 0 Å². The van der Waals surface area contributed by atoms with Gasteiger partial charge in [-0.25, -0.2) is 0 Å². The molecule has 0 atom stereocenters. The molecule has 0 aliphatic heterocycles. The number of nitrogens with one attached hydrogen (secondary N) is 1. The van der Waals surface area contributed by atoms with Gasteiger partial charge in [-0.15, -0.1) is 0 Å². The van der Waals surface area contributed by atoms with Gasteiger partial charge in [-0.1, -0.05) is 19.1 Å². The third-order valence-electron chi connectivity index (χ3n) is 3.45. The van der Waals surface area contributed by atoms with Gasteiger partial charge in [0.1, 0.15) is 11.5 Å².